The lowest BCUT2D eigenvalue weighted by molar-refractivity contribution is -0.118. The molecular weight excluding hydrogens is 228 g/mol. The van der Waals surface area contributed by atoms with Crippen LogP contribution in [0.5, 0.6) is 0 Å². The van der Waals surface area contributed by atoms with Crippen LogP contribution < -0.4 is 5.73 Å². The van der Waals surface area contributed by atoms with Crippen molar-refractivity contribution in [1.29, 1.82) is 0 Å². The van der Waals surface area contributed by atoms with Gasteiger partial charge >= 0.3 is 6.09 Å². The highest BCUT2D eigenvalue weighted by Crippen LogP contribution is 2.28. The highest BCUT2D eigenvalue weighted by molar-refractivity contribution is 6.76. The predicted octanol–water partition coefficient (Wildman–Crippen LogP) is 1.41. The summed E-state index contributed by atoms with van der Waals surface area (Å²) in [6, 6.07) is 0. The second-order valence-electron chi connectivity index (χ2n) is 1.84. The fourth-order valence-electron chi connectivity index (χ4n) is 0.386. The zero-order valence-corrected chi connectivity index (χ0v) is 8.12. The molecule has 0 atom stereocenters. The van der Waals surface area contributed by atoms with Crippen molar-refractivity contribution in [2.45, 2.75) is 10.2 Å². The van der Waals surface area contributed by atoms with Crippen LogP contribution in [0.25, 0.3) is 0 Å². The zero-order valence-electron chi connectivity index (χ0n) is 5.85. The normalized spacial score (nSPS) is 10.9. The van der Waals surface area contributed by atoms with Gasteiger partial charge in [0.15, 0.2) is 5.78 Å². The number of halogens is 3. The summed E-state index contributed by atoms with van der Waals surface area (Å²) in [7, 11) is 0. The highest BCUT2D eigenvalue weighted by Gasteiger charge is 2.29. The van der Waals surface area contributed by atoms with Gasteiger partial charge in [-0.25, -0.2) is 4.79 Å². The van der Waals surface area contributed by atoms with Crippen LogP contribution in [0.15, 0.2) is 0 Å². The number of primary amides is 1. The number of rotatable bonds is 3. The molecule has 0 aromatic heterocycles. The van der Waals surface area contributed by atoms with Crippen LogP contribution in [0.4, 0.5) is 4.79 Å². The molecule has 0 unspecified atom stereocenters. The number of ether oxygens (including phenoxy) is 1. The van der Waals surface area contributed by atoms with Crippen molar-refractivity contribution in [3.8, 4) is 0 Å². The Morgan fingerprint density at radius 1 is 1.33 bits per heavy atom. The number of alkyl halides is 3. The van der Waals surface area contributed by atoms with Crippen molar-refractivity contribution < 1.29 is 14.3 Å². The summed E-state index contributed by atoms with van der Waals surface area (Å²) in [5.74, 6) is -0.645. The largest absolute Gasteiger partial charge is 0.449 e. The molecule has 12 heavy (non-hydrogen) atoms. The molecule has 2 N–H and O–H groups in total. The first kappa shape index (κ1) is 11.8. The van der Waals surface area contributed by atoms with Gasteiger partial charge in [0, 0.05) is 6.42 Å². The summed E-state index contributed by atoms with van der Waals surface area (Å²) in [4.78, 5) is 20.8. The number of carbonyl (C=O) groups excluding carboxylic acids is 2. The summed E-state index contributed by atoms with van der Waals surface area (Å²) in [6.45, 7) is -0.178. The van der Waals surface area contributed by atoms with Crippen LogP contribution in [0.2, 0.25) is 0 Å². The number of ketones is 1. The van der Waals surface area contributed by atoms with E-state index in [1.807, 2.05) is 0 Å². The van der Waals surface area contributed by atoms with E-state index in [1.165, 1.54) is 0 Å². The van der Waals surface area contributed by atoms with E-state index in [-0.39, 0.29) is 13.0 Å². The van der Waals surface area contributed by atoms with Gasteiger partial charge in [0.05, 0.1) is 0 Å². The molecule has 0 saturated carbocycles. The summed E-state index contributed by atoms with van der Waals surface area (Å²) < 4.78 is 2.29. The van der Waals surface area contributed by atoms with Crippen LogP contribution in [0.3, 0.4) is 0 Å². The molecule has 1 amide bonds. The predicted molar refractivity (Wildman–Crippen MR) is 45.4 cm³/mol. The third-order valence-corrected chi connectivity index (χ3v) is 1.52. The van der Waals surface area contributed by atoms with Crippen molar-refractivity contribution in [3.63, 3.8) is 0 Å². The summed E-state index contributed by atoms with van der Waals surface area (Å²) in [6.07, 6.45) is -1.13. The van der Waals surface area contributed by atoms with E-state index >= 15 is 0 Å². The Hall–Kier alpha value is -0.190. The summed E-state index contributed by atoms with van der Waals surface area (Å²) >= 11 is 15.6. The van der Waals surface area contributed by atoms with Gasteiger partial charge in [-0.3, -0.25) is 4.79 Å². The fourth-order valence-corrected chi connectivity index (χ4v) is 0.670. The third kappa shape index (κ3) is 5.46. The quantitative estimate of drug-likeness (QED) is 0.751. The van der Waals surface area contributed by atoms with E-state index in [9.17, 15) is 9.59 Å². The van der Waals surface area contributed by atoms with Crippen LogP contribution >= 0.6 is 34.8 Å². The van der Waals surface area contributed by atoms with Crippen molar-refractivity contribution in [1.82, 2.24) is 0 Å². The van der Waals surface area contributed by atoms with E-state index in [0.717, 1.165) is 0 Å². The number of carbonyl (C=O) groups is 2. The second-order valence-corrected chi connectivity index (χ2v) is 4.12. The molecule has 0 aliphatic carbocycles. The van der Waals surface area contributed by atoms with Crippen LogP contribution in [0, 0.1) is 0 Å². The van der Waals surface area contributed by atoms with Crippen molar-refractivity contribution in [3.05, 3.63) is 0 Å². The molecule has 0 saturated heterocycles. The number of hydrogen-bond donors (Lipinski definition) is 1. The van der Waals surface area contributed by atoms with Gasteiger partial charge in [-0.1, -0.05) is 34.8 Å². The molecule has 0 aromatic rings. The first-order chi connectivity index (χ1) is 5.34. The van der Waals surface area contributed by atoms with Gasteiger partial charge in [-0.05, 0) is 0 Å². The first-order valence-electron chi connectivity index (χ1n) is 2.86. The van der Waals surface area contributed by atoms with Crippen LogP contribution in [-0.2, 0) is 9.53 Å². The average molecular weight is 234 g/mol. The molecule has 0 bridgehead atoms. The zero-order chi connectivity index (χ0) is 9.78. The Kier molecular flexibility index (Phi) is 4.67. The lowest BCUT2D eigenvalue weighted by atomic mass is 10.3. The Morgan fingerprint density at radius 2 is 1.83 bits per heavy atom. The van der Waals surface area contributed by atoms with Crippen molar-refractivity contribution in [2.75, 3.05) is 6.61 Å². The van der Waals surface area contributed by atoms with E-state index in [2.05, 4.69) is 10.5 Å². The van der Waals surface area contributed by atoms with E-state index in [0.29, 0.717) is 0 Å². The molecule has 0 fully saturated rings. The van der Waals surface area contributed by atoms with E-state index < -0.39 is 15.7 Å². The van der Waals surface area contributed by atoms with E-state index in [4.69, 9.17) is 34.8 Å². The number of hydrogen-bond acceptors (Lipinski definition) is 3. The summed E-state index contributed by atoms with van der Waals surface area (Å²) in [5, 5.41) is 0. The van der Waals surface area contributed by atoms with Crippen LogP contribution in [0.1, 0.15) is 6.42 Å². The van der Waals surface area contributed by atoms with Crippen molar-refractivity contribution in [2.24, 2.45) is 5.73 Å². The molecule has 0 radical (unpaired) electrons. The monoisotopic (exact) mass is 233 g/mol. The maximum Gasteiger partial charge on any atom is 0.404 e. The number of Topliss-reactive ketones (excluding diaryl/α,β-unsaturated/α-hetero) is 1. The second kappa shape index (κ2) is 4.74. The molecule has 7 heteroatoms. The SMILES string of the molecule is NC(=O)OCCC(=O)C(Cl)(Cl)Cl. The Labute approximate surface area is 83.9 Å². The van der Waals surface area contributed by atoms with Crippen molar-refractivity contribution >= 4 is 46.7 Å². The number of nitrogens with two attached hydrogens (primary N) is 1. The number of amides is 1. The van der Waals surface area contributed by atoms with Gasteiger partial charge in [0.1, 0.15) is 6.61 Å². The molecule has 0 aliphatic rings. The van der Waals surface area contributed by atoms with Gasteiger partial charge < -0.3 is 10.5 Å². The third-order valence-electron chi connectivity index (χ3n) is 0.890. The van der Waals surface area contributed by atoms with Gasteiger partial charge in [-0.2, -0.15) is 0 Å². The molecule has 4 nitrogen and oxygen atoms in total. The maximum atomic E-state index is 10.8. The minimum absolute atomic E-state index is 0.167. The Bertz CT molecular complexity index is 189. The van der Waals surface area contributed by atoms with Gasteiger partial charge in [0.25, 0.3) is 0 Å². The standard InChI is InChI=1S/C5H6Cl3NO3/c6-5(7,8)3(10)1-2-12-4(9)11/h1-2H2,(H2,9,11). The minimum Gasteiger partial charge on any atom is -0.449 e. The lowest BCUT2D eigenvalue weighted by Crippen LogP contribution is -2.22. The Balaban J connectivity index is 3.66. The topological polar surface area (TPSA) is 69.4 Å². The molecule has 0 rings (SSSR count). The van der Waals surface area contributed by atoms with Gasteiger partial charge in [0.2, 0.25) is 3.79 Å². The molecule has 0 aromatic carbocycles. The minimum atomic E-state index is -1.96. The molecule has 70 valence electrons. The van der Waals surface area contributed by atoms with Gasteiger partial charge in [-0.15, -0.1) is 0 Å². The summed E-state index contributed by atoms with van der Waals surface area (Å²) in [5.41, 5.74) is 4.62. The highest BCUT2D eigenvalue weighted by atomic mass is 35.6. The molecule has 0 heterocycles. The molecule has 0 aliphatic heterocycles. The fraction of sp³-hybridized carbons (Fsp3) is 0.600. The first-order valence-corrected chi connectivity index (χ1v) is 3.99. The van der Waals surface area contributed by atoms with E-state index in [1.54, 1.807) is 0 Å². The lowest BCUT2D eigenvalue weighted by Gasteiger charge is -2.08. The smallest absolute Gasteiger partial charge is 0.404 e. The Morgan fingerprint density at radius 3 is 2.17 bits per heavy atom. The van der Waals surface area contributed by atoms with Crippen LogP contribution in [-0.4, -0.2) is 22.3 Å². The molecular formula is C5H6Cl3NO3. The maximum absolute atomic E-state index is 10.8. The average Bonchev–Trinajstić information content (AvgIpc) is 1.84. The molecule has 0 spiro atoms.